The second kappa shape index (κ2) is 6.00. The number of para-hydroxylation sites is 1. The number of nitrogens with zero attached hydrogens (tertiary/aromatic N) is 2. The number of aromatic nitrogens is 2. The number of halogens is 3. The lowest BCUT2D eigenvalue weighted by Crippen LogP contribution is -2.37. The SMILES string of the molecule is Nc1c2ccc(C(NC(=O)O)C(F)(F)F)cc2nn1-c1ccccc1. The predicted octanol–water partition coefficient (Wildman–Crippen LogP) is 3.48. The van der Waals surface area contributed by atoms with Gasteiger partial charge in [-0.05, 0) is 29.8 Å². The molecule has 0 saturated carbocycles. The third-order valence-electron chi connectivity index (χ3n) is 3.66. The fourth-order valence-corrected chi connectivity index (χ4v) is 2.55. The Balaban J connectivity index is 2.10. The van der Waals surface area contributed by atoms with Gasteiger partial charge in [-0.1, -0.05) is 24.3 Å². The smallest absolute Gasteiger partial charge is 0.412 e. The van der Waals surface area contributed by atoms with Crippen molar-refractivity contribution < 1.29 is 23.1 Å². The molecule has 0 fully saturated rings. The number of fused-ring (bicyclic) bond motifs is 1. The van der Waals surface area contributed by atoms with E-state index in [1.807, 2.05) is 6.07 Å². The molecule has 0 aliphatic heterocycles. The van der Waals surface area contributed by atoms with Crippen molar-refractivity contribution in [3.8, 4) is 5.69 Å². The molecule has 0 bridgehead atoms. The maximum absolute atomic E-state index is 13.1. The highest BCUT2D eigenvalue weighted by Gasteiger charge is 2.42. The summed E-state index contributed by atoms with van der Waals surface area (Å²) in [7, 11) is 0. The summed E-state index contributed by atoms with van der Waals surface area (Å²) in [5.41, 5.74) is 6.67. The molecule has 1 amide bonds. The van der Waals surface area contributed by atoms with Crippen LogP contribution in [-0.2, 0) is 0 Å². The van der Waals surface area contributed by atoms with Gasteiger partial charge in [-0.15, -0.1) is 0 Å². The summed E-state index contributed by atoms with van der Waals surface area (Å²) < 4.78 is 40.8. The van der Waals surface area contributed by atoms with Crippen LogP contribution < -0.4 is 11.1 Å². The van der Waals surface area contributed by atoms with E-state index < -0.39 is 18.3 Å². The Morgan fingerprint density at radius 2 is 1.88 bits per heavy atom. The third-order valence-corrected chi connectivity index (χ3v) is 3.66. The fraction of sp³-hybridized carbons (Fsp3) is 0.125. The van der Waals surface area contributed by atoms with Crippen molar-refractivity contribution in [3.63, 3.8) is 0 Å². The van der Waals surface area contributed by atoms with E-state index in [9.17, 15) is 18.0 Å². The maximum Gasteiger partial charge on any atom is 0.412 e. The van der Waals surface area contributed by atoms with Crippen LogP contribution >= 0.6 is 0 Å². The van der Waals surface area contributed by atoms with Crippen molar-refractivity contribution in [1.82, 2.24) is 15.1 Å². The van der Waals surface area contributed by atoms with E-state index >= 15 is 0 Å². The fourth-order valence-electron chi connectivity index (χ4n) is 2.55. The van der Waals surface area contributed by atoms with E-state index in [1.54, 1.807) is 24.3 Å². The number of nitrogen functional groups attached to an aromatic ring is 1. The second-order valence-electron chi connectivity index (χ2n) is 5.33. The molecule has 0 radical (unpaired) electrons. The van der Waals surface area contributed by atoms with Gasteiger partial charge in [-0.3, -0.25) is 0 Å². The summed E-state index contributed by atoms with van der Waals surface area (Å²) in [5.74, 6) is 0.280. The molecule has 1 aromatic heterocycles. The number of rotatable bonds is 3. The third kappa shape index (κ3) is 3.21. The zero-order valence-electron chi connectivity index (χ0n) is 12.7. The van der Waals surface area contributed by atoms with Crippen LogP contribution in [0.3, 0.4) is 0 Å². The lowest BCUT2D eigenvalue weighted by atomic mass is 10.0. The quantitative estimate of drug-likeness (QED) is 0.674. The van der Waals surface area contributed by atoms with E-state index in [0.29, 0.717) is 11.1 Å². The summed E-state index contributed by atoms with van der Waals surface area (Å²) in [6.45, 7) is 0. The Morgan fingerprint density at radius 3 is 2.48 bits per heavy atom. The van der Waals surface area contributed by atoms with E-state index in [1.165, 1.54) is 28.2 Å². The van der Waals surface area contributed by atoms with E-state index in [-0.39, 0.29) is 16.9 Å². The Kier molecular flexibility index (Phi) is 3.99. The van der Waals surface area contributed by atoms with Crippen LogP contribution in [0.2, 0.25) is 0 Å². The Labute approximate surface area is 139 Å². The molecule has 25 heavy (non-hydrogen) atoms. The largest absolute Gasteiger partial charge is 0.465 e. The number of nitrogens with two attached hydrogens (primary N) is 1. The summed E-state index contributed by atoms with van der Waals surface area (Å²) in [6.07, 6.45) is -6.55. The average molecular weight is 350 g/mol. The van der Waals surface area contributed by atoms with E-state index in [0.717, 1.165) is 0 Å². The number of carboxylic acid groups (broad SMARTS) is 1. The van der Waals surface area contributed by atoms with E-state index in [4.69, 9.17) is 10.8 Å². The molecule has 6 nitrogen and oxygen atoms in total. The zero-order valence-corrected chi connectivity index (χ0v) is 12.7. The van der Waals surface area contributed by atoms with E-state index in [2.05, 4.69) is 5.10 Å². The number of benzene rings is 2. The molecular weight excluding hydrogens is 337 g/mol. The van der Waals surface area contributed by atoms with Gasteiger partial charge in [0.2, 0.25) is 0 Å². The molecule has 3 rings (SSSR count). The highest BCUT2D eigenvalue weighted by molar-refractivity contribution is 5.90. The van der Waals surface area contributed by atoms with Crippen LogP contribution in [0.1, 0.15) is 11.6 Å². The van der Waals surface area contributed by atoms with Crippen molar-refractivity contribution in [1.29, 1.82) is 0 Å². The highest BCUT2D eigenvalue weighted by Crippen LogP contribution is 2.35. The Hall–Kier alpha value is -3.23. The molecule has 4 N–H and O–H groups in total. The molecule has 0 spiro atoms. The lowest BCUT2D eigenvalue weighted by molar-refractivity contribution is -0.155. The van der Waals surface area contributed by atoms with Gasteiger partial charge in [-0.2, -0.15) is 18.3 Å². The minimum atomic E-state index is -4.78. The van der Waals surface area contributed by atoms with Gasteiger partial charge < -0.3 is 16.2 Å². The lowest BCUT2D eigenvalue weighted by Gasteiger charge is -2.20. The average Bonchev–Trinajstić information content (AvgIpc) is 2.88. The number of hydrogen-bond acceptors (Lipinski definition) is 3. The van der Waals surface area contributed by atoms with Crippen LogP contribution in [0.5, 0.6) is 0 Å². The summed E-state index contributed by atoms with van der Waals surface area (Å²) >= 11 is 0. The minimum Gasteiger partial charge on any atom is -0.465 e. The van der Waals surface area contributed by atoms with Crippen molar-refractivity contribution >= 4 is 22.8 Å². The molecule has 1 heterocycles. The first kappa shape index (κ1) is 16.6. The normalized spacial score (nSPS) is 12.9. The number of hydrogen-bond donors (Lipinski definition) is 3. The first-order chi connectivity index (χ1) is 11.8. The molecule has 130 valence electrons. The van der Waals surface area contributed by atoms with Crippen molar-refractivity contribution in [3.05, 3.63) is 54.1 Å². The molecule has 0 aliphatic rings. The number of alkyl halides is 3. The topological polar surface area (TPSA) is 93.2 Å². The second-order valence-corrected chi connectivity index (χ2v) is 5.33. The first-order valence-electron chi connectivity index (χ1n) is 7.17. The Bertz CT molecular complexity index is 922. The first-order valence-corrected chi connectivity index (χ1v) is 7.17. The van der Waals surface area contributed by atoms with Crippen molar-refractivity contribution in [2.24, 2.45) is 0 Å². The predicted molar refractivity (Wildman–Crippen MR) is 85.4 cm³/mol. The number of amides is 1. The summed E-state index contributed by atoms with van der Waals surface area (Å²) in [4.78, 5) is 10.7. The molecule has 9 heteroatoms. The molecule has 1 unspecified atom stereocenters. The van der Waals surface area contributed by atoms with Gasteiger partial charge in [0.05, 0.1) is 11.2 Å². The van der Waals surface area contributed by atoms with Gasteiger partial charge in [-0.25, -0.2) is 9.48 Å². The van der Waals surface area contributed by atoms with Gasteiger partial charge in [0.15, 0.2) is 6.04 Å². The van der Waals surface area contributed by atoms with Gasteiger partial charge in [0, 0.05) is 5.39 Å². The number of carbonyl (C=O) groups is 1. The molecule has 0 saturated heterocycles. The van der Waals surface area contributed by atoms with Crippen LogP contribution in [-0.4, -0.2) is 27.2 Å². The molecular formula is C16H13F3N4O2. The molecule has 0 aliphatic carbocycles. The standard InChI is InChI=1S/C16H13F3N4O2/c17-16(18,19)13(21-15(24)25)9-6-7-11-12(8-9)22-23(14(11)20)10-4-2-1-3-5-10/h1-8,13,21H,20H2,(H,24,25). The minimum absolute atomic E-state index is 0.236. The van der Waals surface area contributed by atoms with Gasteiger partial charge in [0.25, 0.3) is 0 Å². The highest BCUT2D eigenvalue weighted by atomic mass is 19.4. The Morgan fingerprint density at radius 1 is 1.20 bits per heavy atom. The van der Waals surface area contributed by atoms with Crippen LogP contribution in [0, 0.1) is 0 Å². The summed E-state index contributed by atoms with van der Waals surface area (Å²) in [6, 6.07) is 10.3. The molecule has 3 aromatic rings. The number of nitrogens with one attached hydrogen (secondary N) is 1. The monoisotopic (exact) mass is 350 g/mol. The number of anilines is 1. The molecule has 2 aromatic carbocycles. The van der Waals surface area contributed by atoms with Gasteiger partial charge >= 0.3 is 12.3 Å². The van der Waals surface area contributed by atoms with Crippen molar-refractivity contribution in [2.75, 3.05) is 5.73 Å². The van der Waals surface area contributed by atoms with Crippen LogP contribution in [0.4, 0.5) is 23.8 Å². The van der Waals surface area contributed by atoms with Gasteiger partial charge in [0.1, 0.15) is 5.82 Å². The summed E-state index contributed by atoms with van der Waals surface area (Å²) in [5, 5.41) is 14.9. The van der Waals surface area contributed by atoms with Crippen LogP contribution in [0.15, 0.2) is 48.5 Å². The van der Waals surface area contributed by atoms with Crippen molar-refractivity contribution in [2.45, 2.75) is 12.2 Å². The molecule has 1 atom stereocenters. The van der Waals surface area contributed by atoms with Crippen LogP contribution in [0.25, 0.3) is 16.6 Å². The zero-order chi connectivity index (χ0) is 18.2. The maximum atomic E-state index is 13.1.